The number of rotatable bonds is 5. The standard InChI is InChI=1S/C28H26N6O/c35-28(21-5-6-21)33-12-9-18(16-33)17-34-26-8-10-29-15-25(26)32-27(34)20-3-1-19(2-4-20)22-13-24-23(31-14-22)7-11-30-24/h1-4,7-8,10-11,13-15,18,21,30H,5-6,9,12,16-17H2/t18-/m1/s1. The second-order valence-electron chi connectivity index (χ2n) is 9.84. The Balaban J connectivity index is 1.19. The lowest BCUT2D eigenvalue weighted by molar-refractivity contribution is -0.131. The molecule has 4 aromatic heterocycles. The van der Waals surface area contributed by atoms with Crippen LogP contribution in [0.15, 0.2) is 67.3 Å². The Morgan fingerprint density at radius 2 is 1.83 bits per heavy atom. The van der Waals surface area contributed by atoms with Crippen molar-refractivity contribution >= 4 is 28.0 Å². The van der Waals surface area contributed by atoms with Crippen LogP contribution in [0.1, 0.15) is 19.3 Å². The first-order chi connectivity index (χ1) is 17.2. The van der Waals surface area contributed by atoms with Gasteiger partial charge in [0.15, 0.2) is 0 Å². The van der Waals surface area contributed by atoms with Crippen LogP contribution in [-0.2, 0) is 11.3 Å². The average Bonchev–Trinajstić information content (AvgIpc) is 3.30. The van der Waals surface area contributed by atoms with Gasteiger partial charge in [-0.2, -0.15) is 0 Å². The molecule has 35 heavy (non-hydrogen) atoms. The van der Waals surface area contributed by atoms with Gasteiger partial charge in [-0.05, 0) is 48.9 Å². The molecule has 1 aliphatic carbocycles. The minimum absolute atomic E-state index is 0.288. The van der Waals surface area contributed by atoms with Crippen LogP contribution in [0.2, 0.25) is 0 Å². The van der Waals surface area contributed by atoms with Crippen LogP contribution in [0.4, 0.5) is 0 Å². The number of aromatic nitrogens is 5. The van der Waals surface area contributed by atoms with Gasteiger partial charge in [0.1, 0.15) is 11.3 Å². The number of nitrogens with one attached hydrogen (secondary N) is 1. The molecule has 7 heteroatoms. The average molecular weight is 463 g/mol. The minimum atomic E-state index is 0.288. The number of hydrogen-bond donors (Lipinski definition) is 1. The number of fused-ring (bicyclic) bond motifs is 2. The van der Waals surface area contributed by atoms with Crippen LogP contribution in [0.3, 0.4) is 0 Å². The SMILES string of the molecule is O=C(C1CC1)N1CC[C@@H](Cn2c(-c3ccc(-c4cnc5cc[nH]c5c4)cc3)nc3cnccc32)C1. The number of aromatic amines is 1. The highest BCUT2D eigenvalue weighted by atomic mass is 16.2. The summed E-state index contributed by atoms with van der Waals surface area (Å²) >= 11 is 0. The first-order valence-electron chi connectivity index (χ1n) is 12.4. The second kappa shape index (κ2) is 8.05. The smallest absolute Gasteiger partial charge is 0.225 e. The van der Waals surface area contributed by atoms with Crippen LogP contribution >= 0.6 is 0 Å². The van der Waals surface area contributed by atoms with Gasteiger partial charge in [0.2, 0.25) is 5.91 Å². The monoisotopic (exact) mass is 462 g/mol. The predicted molar refractivity (Wildman–Crippen MR) is 135 cm³/mol. The van der Waals surface area contributed by atoms with Crippen LogP contribution in [-0.4, -0.2) is 48.4 Å². The van der Waals surface area contributed by atoms with Crippen molar-refractivity contribution in [2.24, 2.45) is 11.8 Å². The van der Waals surface area contributed by atoms with Gasteiger partial charge >= 0.3 is 0 Å². The fourth-order valence-corrected chi connectivity index (χ4v) is 5.32. The van der Waals surface area contributed by atoms with E-state index in [1.54, 1.807) is 0 Å². The molecule has 5 heterocycles. The predicted octanol–water partition coefficient (Wildman–Crippen LogP) is 4.90. The molecule has 2 aliphatic rings. The lowest BCUT2D eigenvalue weighted by Gasteiger charge is -2.18. The molecule has 1 aliphatic heterocycles. The Bertz CT molecular complexity index is 1550. The summed E-state index contributed by atoms with van der Waals surface area (Å²) in [6, 6.07) is 14.7. The van der Waals surface area contributed by atoms with Gasteiger partial charge in [0.05, 0.1) is 22.7 Å². The van der Waals surface area contributed by atoms with E-state index in [1.165, 1.54) is 0 Å². The maximum Gasteiger partial charge on any atom is 0.225 e. The summed E-state index contributed by atoms with van der Waals surface area (Å²) in [7, 11) is 0. The fourth-order valence-electron chi connectivity index (χ4n) is 5.32. The molecule has 1 saturated carbocycles. The molecule has 1 saturated heterocycles. The highest BCUT2D eigenvalue weighted by Gasteiger charge is 2.36. The van der Waals surface area contributed by atoms with Crippen molar-refractivity contribution in [1.82, 2.24) is 29.4 Å². The Kier molecular flexibility index (Phi) is 4.68. The summed E-state index contributed by atoms with van der Waals surface area (Å²) in [5.41, 5.74) is 7.26. The zero-order chi connectivity index (χ0) is 23.4. The van der Waals surface area contributed by atoms with Gasteiger partial charge in [0.25, 0.3) is 0 Å². The second-order valence-corrected chi connectivity index (χ2v) is 9.84. The molecule has 0 unspecified atom stereocenters. The molecule has 7 nitrogen and oxygen atoms in total. The van der Waals surface area contributed by atoms with Crippen LogP contribution in [0, 0.1) is 11.8 Å². The van der Waals surface area contributed by atoms with Crippen molar-refractivity contribution in [2.45, 2.75) is 25.8 Å². The minimum Gasteiger partial charge on any atom is -0.360 e. The van der Waals surface area contributed by atoms with E-state index >= 15 is 0 Å². The van der Waals surface area contributed by atoms with Crippen LogP contribution in [0.25, 0.3) is 44.6 Å². The number of likely N-dealkylation sites (tertiary alicyclic amines) is 1. The summed E-state index contributed by atoms with van der Waals surface area (Å²) in [5.74, 6) is 2.02. The lowest BCUT2D eigenvalue weighted by atomic mass is 10.0. The zero-order valence-corrected chi connectivity index (χ0v) is 19.4. The van der Waals surface area contributed by atoms with E-state index in [2.05, 4.69) is 54.8 Å². The summed E-state index contributed by atoms with van der Waals surface area (Å²) in [6.07, 6.45) is 10.7. The largest absolute Gasteiger partial charge is 0.360 e. The van der Waals surface area contributed by atoms with Crippen molar-refractivity contribution in [3.8, 4) is 22.5 Å². The van der Waals surface area contributed by atoms with Crippen molar-refractivity contribution in [3.05, 3.63) is 67.3 Å². The zero-order valence-electron chi connectivity index (χ0n) is 19.4. The van der Waals surface area contributed by atoms with Crippen LogP contribution in [0.5, 0.6) is 0 Å². The van der Waals surface area contributed by atoms with E-state index in [0.29, 0.717) is 11.8 Å². The third kappa shape index (κ3) is 3.67. The first-order valence-corrected chi connectivity index (χ1v) is 12.4. The van der Waals surface area contributed by atoms with E-state index in [9.17, 15) is 4.79 Å². The van der Waals surface area contributed by atoms with E-state index < -0.39 is 0 Å². The molecule has 1 N–H and O–H groups in total. The van der Waals surface area contributed by atoms with Crippen molar-refractivity contribution < 1.29 is 4.79 Å². The Hall–Kier alpha value is -4.00. The summed E-state index contributed by atoms with van der Waals surface area (Å²) in [6.45, 7) is 2.56. The van der Waals surface area contributed by atoms with Gasteiger partial charge in [0, 0.05) is 55.3 Å². The van der Waals surface area contributed by atoms with Crippen molar-refractivity contribution in [2.75, 3.05) is 13.1 Å². The Morgan fingerprint density at radius 1 is 0.971 bits per heavy atom. The molecule has 174 valence electrons. The van der Waals surface area contributed by atoms with Gasteiger partial charge in [-0.25, -0.2) is 4.98 Å². The number of carbonyl (C=O) groups is 1. The highest BCUT2D eigenvalue weighted by Crippen LogP contribution is 2.34. The van der Waals surface area contributed by atoms with E-state index in [0.717, 1.165) is 83.5 Å². The van der Waals surface area contributed by atoms with E-state index in [1.807, 2.05) is 36.9 Å². The maximum absolute atomic E-state index is 12.6. The molecule has 0 bridgehead atoms. The first kappa shape index (κ1) is 20.4. The molecule has 1 atom stereocenters. The number of H-pyrrole nitrogens is 1. The van der Waals surface area contributed by atoms with Crippen LogP contribution < -0.4 is 0 Å². The molecule has 0 spiro atoms. The fraction of sp³-hybridized carbons (Fsp3) is 0.286. The molecule has 1 amide bonds. The molecular formula is C28H26N6O. The van der Waals surface area contributed by atoms with Crippen molar-refractivity contribution in [1.29, 1.82) is 0 Å². The highest BCUT2D eigenvalue weighted by molar-refractivity contribution is 5.83. The lowest BCUT2D eigenvalue weighted by Crippen LogP contribution is -2.30. The van der Waals surface area contributed by atoms with Gasteiger partial charge < -0.3 is 14.5 Å². The van der Waals surface area contributed by atoms with Gasteiger partial charge in [-0.15, -0.1) is 0 Å². The molecule has 1 aromatic carbocycles. The quantitative estimate of drug-likeness (QED) is 0.403. The molecule has 2 fully saturated rings. The number of benzene rings is 1. The number of carbonyl (C=O) groups excluding carboxylic acids is 1. The molecule has 0 radical (unpaired) electrons. The Labute approximate surface area is 202 Å². The van der Waals surface area contributed by atoms with E-state index in [-0.39, 0.29) is 5.92 Å². The summed E-state index contributed by atoms with van der Waals surface area (Å²) < 4.78 is 2.31. The number of hydrogen-bond acceptors (Lipinski definition) is 4. The maximum atomic E-state index is 12.6. The van der Waals surface area contributed by atoms with Gasteiger partial charge in [-0.3, -0.25) is 14.8 Å². The molecular weight excluding hydrogens is 436 g/mol. The van der Waals surface area contributed by atoms with Crippen molar-refractivity contribution in [3.63, 3.8) is 0 Å². The summed E-state index contributed by atoms with van der Waals surface area (Å²) in [5, 5.41) is 0. The summed E-state index contributed by atoms with van der Waals surface area (Å²) in [4.78, 5) is 31.7. The topological polar surface area (TPSA) is 79.7 Å². The third-order valence-electron chi connectivity index (χ3n) is 7.39. The number of pyridine rings is 2. The third-order valence-corrected chi connectivity index (χ3v) is 7.39. The molecule has 5 aromatic rings. The normalized spacial score (nSPS) is 18.1. The molecule has 7 rings (SSSR count). The van der Waals surface area contributed by atoms with E-state index in [4.69, 9.17) is 4.98 Å². The van der Waals surface area contributed by atoms with Gasteiger partial charge in [-0.1, -0.05) is 24.3 Å². The number of imidazole rings is 1. The number of amides is 1. The Morgan fingerprint density at radius 3 is 2.69 bits per heavy atom. The number of nitrogens with zero attached hydrogens (tertiary/aromatic N) is 5.